The maximum atomic E-state index is 5.93. The lowest BCUT2D eigenvalue weighted by Crippen LogP contribution is -1.97. The molecule has 2 N–H and O–H groups in total. The van der Waals surface area contributed by atoms with E-state index in [0.717, 1.165) is 26.8 Å². The summed E-state index contributed by atoms with van der Waals surface area (Å²) in [6.45, 7) is 2.07. The quantitative estimate of drug-likeness (QED) is 0.745. The van der Waals surface area contributed by atoms with Crippen LogP contribution in [0.3, 0.4) is 0 Å². The highest BCUT2D eigenvalue weighted by Crippen LogP contribution is 2.27. The maximum absolute atomic E-state index is 5.93. The monoisotopic (exact) mass is 301 g/mol. The van der Waals surface area contributed by atoms with E-state index in [4.69, 9.17) is 5.73 Å². The predicted molar refractivity (Wildman–Crippen MR) is 77.5 cm³/mol. The molecular formula is C14H12BrN3. The highest BCUT2D eigenvalue weighted by atomic mass is 79.9. The molecule has 1 aromatic carbocycles. The van der Waals surface area contributed by atoms with Crippen molar-refractivity contribution in [1.82, 2.24) is 9.61 Å². The molecular weight excluding hydrogens is 290 g/mol. The van der Waals surface area contributed by atoms with Gasteiger partial charge in [-0.2, -0.15) is 5.10 Å². The molecule has 0 radical (unpaired) electrons. The number of anilines is 1. The highest BCUT2D eigenvalue weighted by molar-refractivity contribution is 9.10. The summed E-state index contributed by atoms with van der Waals surface area (Å²) < 4.78 is 2.85. The molecule has 0 fully saturated rings. The minimum atomic E-state index is 0.652. The zero-order valence-electron chi connectivity index (χ0n) is 9.89. The molecule has 0 bridgehead atoms. The van der Waals surface area contributed by atoms with Crippen LogP contribution in [0.15, 0.2) is 46.9 Å². The number of fused-ring (bicyclic) bond motifs is 1. The Labute approximate surface area is 113 Å². The van der Waals surface area contributed by atoms with Crippen LogP contribution in [0.25, 0.3) is 16.8 Å². The van der Waals surface area contributed by atoms with Crippen LogP contribution in [0, 0.1) is 6.92 Å². The molecule has 0 spiro atoms. The van der Waals surface area contributed by atoms with Crippen LogP contribution >= 0.6 is 15.9 Å². The van der Waals surface area contributed by atoms with Crippen molar-refractivity contribution >= 4 is 27.3 Å². The van der Waals surface area contributed by atoms with Crippen molar-refractivity contribution in [2.45, 2.75) is 6.92 Å². The summed E-state index contributed by atoms with van der Waals surface area (Å²) in [6, 6.07) is 14.0. The molecule has 18 heavy (non-hydrogen) atoms. The molecule has 0 saturated heterocycles. The topological polar surface area (TPSA) is 43.3 Å². The van der Waals surface area contributed by atoms with Gasteiger partial charge < -0.3 is 5.73 Å². The van der Waals surface area contributed by atoms with Gasteiger partial charge in [-0.1, -0.05) is 34.1 Å². The second-order valence-corrected chi connectivity index (χ2v) is 5.14. The predicted octanol–water partition coefficient (Wildman–Crippen LogP) is 3.65. The van der Waals surface area contributed by atoms with Crippen LogP contribution in [0.2, 0.25) is 0 Å². The fourth-order valence-corrected chi connectivity index (χ4v) is 2.36. The van der Waals surface area contributed by atoms with Gasteiger partial charge in [0.1, 0.15) is 5.82 Å². The van der Waals surface area contributed by atoms with E-state index in [2.05, 4.69) is 40.1 Å². The highest BCUT2D eigenvalue weighted by Gasteiger charge is 2.11. The van der Waals surface area contributed by atoms with Crippen LogP contribution in [0.1, 0.15) is 5.56 Å². The van der Waals surface area contributed by atoms with Crippen molar-refractivity contribution in [2.75, 3.05) is 5.73 Å². The molecule has 0 atom stereocenters. The Kier molecular flexibility index (Phi) is 2.59. The molecule has 2 heterocycles. The summed E-state index contributed by atoms with van der Waals surface area (Å²) in [4.78, 5) is 0. The number of aryl methyl sites for hydroxylation is 1. The Bertz CT molecular complexity index is 714. The van der Waals surface area contributed by atoms with Crippen molar-refractivity contribution in [2.24, 2.45) is 0 Å². The van der Waals surface area contributed by atoms with E-state index in [1.54, 1.807) is 4.52 Å². The van der Waals surface area contributed by atoms with Crippen molar-refractivity contribution in [3.63, 3.8) is 0 Å². The number of nitrogen functional groups attached to an aromatic ring is 1. The first kappa shape index (κ1) is 11.3. The first-order valence-electron chi connectivity index (χ1n) is 5.66. The van der Waals surface area contributed by atoms with Gasteiger partial charge in [0.15, 0.2) is 0 Å². The van der Waals surface area contributed by atoms with Crippen molar-refractivity contribution in [3.8, 4) is 11.3 Å². The Morgan fingerprint density at radius 2 is 1.83 bits per heavy atom. The average molecular weight is 302 g/mol. The van der Waals surface area contributed by atoms with Crippen molar-refractivity contribution in [3.05, 3.63) is 52.5 Å². The number of hydrogen-bond donors (Lipinski definition) is 1. The largest absolute Gasteiger partial charge is 0.384 e. The van der Waals surface area contributed by atoms with Crippen LogP contribution in [-0.2, 0) is 0 Å². The third-order valence-corrected chi connectivity index (χ3v) is 3.58. The van der Waals surface area contributed by atoms with Crippen LogP contribution in [0.5, 0.6) is 0 Å². The fraction of sp³-hybridized carbons (Fsp3) is 0.0714. The standard InChI is InChI=1S/C14H12BrN3/c1-9-12-3-2-4-13(16)18(12)17-14(9)10-5-7-11(15)8-6-10/h2-8H,16H2,1H3. The summed E-state index contributed by atoms with van der Waals surface area (Å²) >= 11 is 3.44. The normalized spacial score (nSPS) is 11.0. The molecule has 3 nitrogen and oxygen atoms in total. The Hall–Kier alpha value is -1.81. The maximum Gasteiger partial charge on any atom is 0.125 e. The van der Waals surface area contributed by atoms with Gasteiger partial charge in [0.05, 0.1) is 11.2 Å². The molecule has 0 amide bonds. The molecule has 2 aromatic heterocycles. The van der Waals surface area contributed by atoms with E-state index in [0.29, 0.717) is 5.82 Å². The second-order valence-electron chi connectivity index (χ2n) is 4.23. The summed E-state index contributed by atoms with van der Waals surface area (Å²) in [5.74, 6) is 0.652. The van der Waals surface area contributed by atoms with Crippen LogP contribution < -0.4 is 5.73 Å². The fourth-order valence-electron chi connectivity index (χ4n) is 2.09. The summed E-state index contributed by atoms with van der Waals surface area (Å²) in [5.41, 5.74) is 10.2. The Morgan fingerprint density at radius 1 is 1.11 bits per heavy atom. The average Bonchev–Trinajstić information content (AvgIpc) is 2.70. The van der Waals surface area contributed by atoms with Gasteiger partial charge in [0.2, 0.25) is 0 Å². The number of benzene rings is 1. The minimum Gasteiger partial charge on any atom is -0.384 e. The number of pyridine rings is 1. The summed E-state index contributed by atoms with van der Waals surface area (Å²) in [7, 11) is 0. The molecule has 3 aromatic rings. The van der Waals surface area contributed by atoms with Gasteiger partial charge in [-0.05, 0) is 31.2 Å². The SMILES string of the molecule is Cc1c(-c2ccc(Br)cc2)nn2c(N)cccc12. The molecule has 0 unspecified atom stereocenters. The molecule has 90 valence electrons. The molecule has 0 aliphatic carbocycles. The van der Waals surface area contributed by atoms with E-state index in [1.165, 1.54) is 0 Å². The van der Waals surface area contributed by atoms with Gasteiger partial charge in [-0.3, -0.25) is 0 Å². The molecule has 0 aliphatic heterocycles. The van der Waals surface area contributed by atoms with Gasteiger partial charge >= 0.3 is 0 Å². The smallest absolute Gasteiger partial charge is 0.125 e. The van der Waals surface area contributed by atoms with E-state index in [1.807, 2.05) is 30.3 Å². The third-order valence-electron chi connectivity index (χ3n) is 3.05. The van der Waals surface area contributed by atoms with Crippen molar-refractivity contribution in [1.29, 1.82) is 0 Å². The van der Waals surface area contributed by atoms with Crippen molar-refractivity contribution < 1.29 is 0 Å². The van der Waals surface area contributed by atoms with E-state index in [9.17, 15) is 0 Å². The number of nitrogens with two attached hydrogens (primary N) is 1. The van der Waals surface area contributed by atoms with Gasteiger partial charge in [-0.15, -0.1) is 0 Å². The first-order chi connectivity index (χ1) is 8.66. The van der Waals surface area contributed by atoms with Gasteiger partial charge in [-0.25, -0.2) is 4.52 Å². The Balaban J connectivity index is 2.27. The number of aromatic nitrogens is 2. The van der Waals surface area contributed by atoms with E-state index >= 15 is 0 Å². The zero-order valence-corrected chi connectivity index (χ0v) is 11.5. The van der Waals surface area contributed by atoms with Crippen LogP contribution in [0.4, 0.5) is 5.82 Å². The van der Waals surface area contributed by atoms with E-state index in [-0.39, 0.29) is 0 Å². The molecule has 4 heteroatoms. The summed E-state index contributed by atoms with van der Waals surface area (Å²) in [6.07, 6.45) is 0. The Morgan fingerprint density at radius 3 is 2.50 bits per heavy atom. The first-order valence-corrected chi connectivity index (χ1v) is 6.46. The lowest BCUT2D eigenvalue weighted by molar-refractivity contribution is 0.978. The van der Waals surface area contributed by atoms with E-state index < -0.39 is 0 Å². The number of rotatable bonds is 1. The minimum absolute atomic E-state index is 0.652. The van der Waals surface area contributed by atoms with Crippen LogP contribution in [-0.4, -0.2) is 9.61 Å². The molecule has 0 aliphatic rings. The summed E-state index contributed by atoms with van der Waals surface area (Å²) in [5, 5.41) is 4.59. The number of nitrogens with zero attached hydrogens (tertiary/aromatic N) is 2. The third kappa shape index (κ3) is 1.69. The second kappa shape index (κ2) is 4.14. The lowest BCUT2D eigenvalue weighted by atomic mass is 10.1. The van der Waals surface area contributed by atoms with Gasteiger partial charge in [0.25, 0.3) is 0 Å². The lowest BCUT2D eigenvalue weighted by Gasteiger charge is -1.98. The molecule has 3 rings (SSSR count). The molecule has 0 saturated carbocycles. The zero-order chi connectivity index (χ0) is 12.7. The number of halogens is 1. The van der Waals surface area contributed by atoms with Gasteiger partial charge in [0, 0.05) is 15.6 Å². The number of hydrogen-bond acceptors (Lipinski definition) is 2.